The molecule has 1 aliphatic rings. The lowest BCUT2D eigenvalue weighted by Gasteiger charge is -2.32. The molecule has 0 aromatic heterocycles. The number of nitrogens with zero attached hydrogens (tertiary/aromatic N) is 2. The number of piperidine rings is 1. The summed E-state index contributed by atoms with van der Waals surface area (Å²) in [5.74, 6) is -0.355. The van der Waals surface area contributed by atoms with E-state index in [1.54, 1.807) is 0 Å². The van der Waals surface area contributed by atoms with Crippen LogP contribution in [0.2, 0.25) is 0 Å². The maximum absolute atomic E-state index is 12.3. The molecule has 0 atom stereocenters. The third kappa shape index (κ3) is 7.07. The lowest BCUT2D eigenvalue weighted by atomic mass is 9.96. The minimum absolute atomic E-state index is 0.0295. The molecule has 1 heterocycles. The van der Waals surface area contributed by atoms with Crippen LogP contribution >= 0.6 is 0 Å². The van der Waals surface area contributed by atoms with Gasteiger partial charge in [-0.3, -0.25) is 14.4 Å². The van der Waals surface area contributed by atoms with Crippen molar-refractivity contribution in [1.82, 2.24) is 4.90 Å². The zero-order valence-corrected chi connectivity index (χ0v) is 17.7. The van der Waals surface area contributed by atoms with Crippen molar-refractivity contribution < 1.29 is 14.4 Å². The van der Waals surface area contributed by atoms with E-state index in [1.165, 1.54) is 0 Å². The average Bonchev–Trinajstić information content (AvgIpc) is 2.72. The summed E-state index contributed by atoms with van der Waals surface area (Å²) < 4.78 is 0. The number of nitrogens with two attached hydrogens (primary N) is 1. The van der Waals surface area contributed by atoms with Crippen LogP contribution in [0.25, 0.3) is 0 Å². The highest BCUT2D eigenvalue weighted by atomic mass is 16.2. The fourth-order valence-corrected chi connectivity index (χ4v) is 3.68. The normalized spacial score (nSPS) is 14.5. The van der Waals surface area contributed by atoms with Gasteiger partial charge in [-0.15, -0.1) is 0 Å². The van der Waals surface area contributed by atoms with Crippen LogP contribution < -0.4 is 16.0 Å². The summed E-state index contributed by atoms with van der Waals surface area (Å²) in [6.45, 7) is 7.18. The van der Waals surface area contributed by atoms with Gasteiger partial charge in [0.05, 0.1) is 0 Å². The first-order valence-corrected chi connectivity index (χ1v) is 10.7. The van der Waals surface area contributed by atoms with Crippen molar-refractivity contribution in [2.75, 3.05) is 36.4 Å². The second-order valence-electron chi connectivity index (χ2n) is 7.64. The van der Waals surface area contributed by atoms with Gasteiger partial charge in [0, 0.05) is 56.3 Å². The van der Waals surface area contributed by atoms with Gasteiger partial charge in [-0.25, -0.2) is 0 Å². The van der Waals surface area contributed by atoms with Gasteiger partial charge in [0.1, 0.15) is 0 Å². The molecule has 1 fully saturated rings. The number of carbonyl (C=O) groups excluding carboxylic acids is 3. The van der Waals surface area contributed by atoms with E-state index in [4.69, 9.17) is 5.73 Å². The van der Waals surface area contributed by atoms with Crippen molar-refractivity contribution in [3.63, 3.8) is 0 Å². The third-order valence-electron chi connectivity index (χ3n) is 5.32. The number of nitrogens with one attached hydrogen (secondary N) is 1. The Bertz CT molecular complexity index is 676. The summed E-state index contributed by atoms with van der Waals surface area (Å²) in [5, 5.41) is 2.86. The molecule has 0 spiro atoms. The van der Waals surface area contributed by atoms with Gasteiger partial charge >= 0.3 is 0 Å². The van der Waals surface area contributed by atoms with Crippen LogP contribution in [0.4, 0.5) is 11.4 Å². The Morgan fingerprint density at radius 3 is 2.14 bits per heavy atom. The van der Waals surface area contributed by atoms with Crippen molar-refractivity contribution in [2.24, 2.45) is 11.7 Å². The van der Waals surface area contributed by atoms with Crippen LogP contribution in [-0.2, 0) is 14.4 Å². The summed E-state index contributed by atoms with van der Waals surface area (Å²) in [6.07, 6.45) is 3.81. The molecule has 160 valence electrons. The van der Waals surface area contributed by atoms with Gasteiger partial charge in [0.2, 0.25) is 17.7 Å². The molecule has 2 rings (SSSR count). The van der Waals surface area contributed by atoms with Crippen LogP contribution in [0.15, 0.2) is 24.3 Å². The molecule has 1 aliphatic heterocycles. The van der Waals surface area contributed by atoms with E-state index in [9.17, 15) is 14.4 Å². The van der Waals surface area contributed by atoms with E-state index in [-0.39, 0.29) is 36.5 Å². The molecule has 1 aromatic rings. The molecule has 0 radical (unpaired) electrons. The summed E-state index contributed by atoms with van der Waals surface area (Å²) in [7, 11) is 0. The maximum Gasteiger partial charge on any atom is 0.224 e. The topological polar surface area (TPSA) is 95.7 Å². The first kappa shape index (κ1) is 22.7. The molecule has 1 saturated heterocycles. The lowest BCUT2D eigenvalue weighted by Crippen LogP contribution is -2.38. The first-order chi connectivity index (χ1) is 13.9. The number of carbonyl (C=O) groups is 3. The van der Waals surface area contributed by atoms with Gasteiger partial charge in [0.25, 0.3) is 0 Å². The number of hydrogen-bond donors (Lipinski definition) is 2. The molecular formula is C22H34N4O3. The van der Waals surface area contributed by atoms with Crippen LogP contribution in [0.1, 0.15) is 52.4 Å². The minimum atomic E-state index is -0.214. The summed E-state index contributed by atoms with van der Waals surface area (Å²) in [6, 6.07) is 7.68. The van der Waals surface area contributed by atoms with Gasteiger partial charge in [-0.1, -0.05) is 13.8 Å². The van der Waals surface area contributed by atoms with Crippen molar-refractivity contribution in [1.29, 1.82) is 0 Å². The van der Waals surface area contributed by atoms with E-state index in [2.05, 4.69) is 10.2 Å². The quantitative estimate of drug-likeness (QED) is 0.629. The Balaban J connectivity index is 1.79. The number of rotatable bonds is 10. The number of hydrogen-bond acceptors (Lipinski definition) is 4. The Hall–Kier alpha value is -2.57. The van der Waals surface area contributed by atoms with Crippen molar-refractivity contribution in [2.45, 2.75) is 52.4 Å². The predicted octanol–water partition coefficient (Wildman–Crippen LogP) is 2.76. The smallest absolute Gasteiger partial charge is 0.224 e. The summed E-state index contributed by atoms with van der Waals surface area (Å²) >= 11 is 0. The SMILES string of the molecule is CCCN(CCC)C(=O)CCC(=O)Nc1ccc(N2CCC(C(N)=O)CC2)cc1. The monoisotopic (exact) mass is 402 g/mol. The maximum atomic E-state index is 12.3. The van der Waals surface area contributed by atoms with E-state index in [0.29, 0.717) is 0 Å². The predicted molar refractivity (Wildman–Crippen MR) is 116 cm³/mol. The highest BCUT2D eigenvalue weighted by Gasteiger charge is 2.23. The van der Waals surface area contributed by atoms with E-state index >= 15 is 0 Å². The molecule has 3 N–H and O–H groups in total. The Morgan fingerprint density at radius 2 is 1.62 bits per heavy atom. The highest BCUT2D eigenvalue weighted by Crippen LogP contribution is 2.24. The van der Waals surface area contributed by atoms with Crippen LogP contribution in [0.5, 0.6) is 0 Å². The van der Waals surface area contributed by atoms with Crippen LogP contribution in [-0.4, -0.2) is 48.8 Å². The third-order valence-corrected chi connectivity index (χ3v) is 5.32. The minimum Gasteiger partial charge on any atom is -0.371 e. The molecule has 29 heavy (non-hydrogen) atoms. The van der Waals surface area contributed by atoms with Gasteiger partial charge < -0.3 is 20.9 Å². The van der Waals surface area contributed by atoms with E-state index < -0.39 is 0 Å². The molecule has 0 aliphatic carbocycles. The molecule has 0 saturated carbocycles. The lowest BCUT2D eigenvalue weighted by molar-refractivity contribution is -0.133. The molecular weight excluding hydrogens is 368 g/mol. The fraction of sp³-hybridized carbons (Fsp3) is 0.591. The zero-order chi connectivity index (χ0) is 21.2. The van der Waals surface area contributed by atoms with Crippen molar-refractivity contribution in [3.8, 4) is 0 Å². The number of primary amides is 1. The van der Waals surface area contributed by atoms with E-state index in [1.807, 2.05) is 43.0 Å². The largest absolute Gasteiger partial charge is 0.371 e. The van der Waals surface area contributed by atoms with Gasteiger partial charge in [0.15, 0.2) is 0 Å². The van der Waals surface area contributed by atoms with Crippen LogP contribution in [0, 0.1) is 5.92 Å². The van der Waals surface area contributed by atoms with Gasteiger partial charge in [-0.2, -0.15) is 0 Å². The fourth-order valence-electron chi connectivity index (χ4n) is 3.68. The van der Waals surface area contributed by atoms with Crippen molar-refractivity contribution in [3.05, 3.63) is 24.3 Å². The standard InChI is InChI=1S/C22H34N4O3/c1-3-13-26(14-4-2)21(28)10-9-20(27)24-18-5-7-19(8-6-18)25-15-11-17(12-16-25)22(23)29/h5-8,17H,3-4,9-16H2,1-2H3,(H2,23,29)(H,24,27). The second kappa shape index (κ2) is 11.4. The first-order valence-electron chi connectivity index (χ1n) is 10.7. The Morgan fingerprint density at radius 1 is 1.03 bits per heavy atom. The molecule has 7 nitrogen and oxygen atoms in total. The highest BCUT2D eigenvalue weighted by molar-refractivity contribution is 5.93. The number of benzene rings is 1. The number of amides is 3. The summed E-state index contributed by atoms with van der Waals surface area (Å²) in [4.78, 5) is 39.8. The Kier molecular flexibility index (Phi) is 8.96. The van der Waals surface area contributed by atoms with Crippen molar-refractivity contribution >= 4 is 29.1 Å². The van der Waals surface area contributed by atoms with Crippen LogP contribution in [0.3, 0.4) is 0 Å². The van der Waals surface area contributed by atoms with E-state index in [0.717, 1.165) is 63.2 Å². The molecule has 1 aromatic carbocycles. The summed E-state index contributed by atoms with van der Waals surface area (Å²) in [5.41, 5.74) is 7.17. The molecule has 0 bridgehead atoms. The molecule has 0 unspecified atom stereocenters. The molecule has 3 amide bonds. The second-order valence-corrected chi connectivity index (χ2v) is 7.64. The zero-order valence-electron chi connectivity index (χ0n) is 17.7. The number of anilines is 2. The average molecular weight is 403 g/mol. The Labute approximate surface area is 173 Å². The molecule has 7 heteroatoms. The van der Waals surface area contributed by atoms with Gasteiger partial charge in [-0.05, 0) is 49.9 Å².